The molecule has 92 valence electrons. The Labute approximate surface area is 100 Å². The molecule has 0 spiro atoms. The van der Waals surface area contributed by atoms with E-state index in [1.165, 1.54) is 0 Å². The highest BCUT2D eigenvalue weighted by molar-refractivity contribution is 5.85. The van der Waals surface area contributed by atoms with Crippen molar-refractivity contribution in [2.75, 3.05) is 13.7 Å². The number of carbonyl (C=O) groups is 1. The summed E-state index contributed by atoms with van der Waals surface area (Å²) in [5, 5.41) is 2.89. The van der Waals surface area contributed by atoms with Gasteiger partial charge in [0.05, 0.1) is 12.5 Å². The van der Waals surface area contributed by atoms with Crippen molar-refractivity contribution in [3.63, 3.8) is 0 Å². The molecule has 1 aliphatic rings. The number of amides is 1. The number of aromatic nitrogens is 1. The first-order valence-corrected chi connectivity index (χ1v) is 5.68. The Morgan fingerprint density at radius 3 is 3.00 bits per heavy atom. The molecule has 1 heterocycles. The zero-order valence-corrected chi connectivity index (χ0v) is 9.90. The molecule has 3 N–H and O–H groups in total. The number of nitrogens with two attached hydrogens (primary N) is 1. The van der Waals surface area contributed by atoms with Gasteiger partial charge in [0.25, 0.3) is 0 Å². The highest BCUT2D eigenvalue weighted by Gasteiger charge is 2.48. The van der Waals surface area contributed by atoms with E-state index in [-0.39, 0.29) is 11.3 Å². The van der Waals surface area contributed by atoms with Crippen LogP contribution in [0.4, 0.5) is 0 Å². The second kappa shape index (κ2) is 4.71. The van der Waals surface area contributed by atoms with Gasteiger partial charge in [0, 0.05) is 24.8 Å². The maximum atomic E-state index is 11.9. The van der Waals surface area contributed by atoms with Crippen LogP contribution in [0, 0.1) is 5.41 Å². The summed E-state index contributed by atoms with van der Waals surface area (Å²) in [6, 6.07) is 3.70. The number of rotatable bonds is 5. The zero-order valence-electron chi connectivity index (χ0n) is 9.90. The van der Waals surface area contributed by atoms with Gasteiger partial charge in [-0.25, -0.2) is 4.98 Å². The van der Waals surface area contributed by atoms with Crippen LogP contribution >= 0.6 is 0 Å². The van der Waals surface area contributed by atoms with Gasteiger partial charge in [0.2, 0.25) is 11.8 Å². The Balaban J connectivity index is 1.96. The summed E-state index contributed by atoms with van der Waals surface area (Å²) in [6.07, 6.45) is 3.44. The largest absolute Gasteiger partial charge is 0.481 e. The van der Waals surface area contributed by atoms with Gasteiger partial charge in [-0.05, 0) is 18.9 Å². The third kappa shape index (κ3) is 2.39. The minimum absolute atomic E-state index is 0.0332. The second-order valence-corrected chi connectivity index (χ2v) is 4.34. The van der Waals surface area contributed by atoms with Crippen molar-refractivity contribution in [1.82, 2.24) is 10.3 Å². The van der Waals surface area contributed by atoms with Crippen molar-refractivity contribution in [1.29, 1.82) is 0 Å². The lowest BCUT2D eigenvalue weighted by molar-refractivity contribution is -0.126. The Hall–Kier alpha value is -1.62. The molecule has 0 saturated heterocycles. The highest BCUT2D eigenvalue weighted by Crippen LogP contribution is 2.44. The number of carbonyl (C=O) groups excluding carboxylic acids is 1. The molecule has 5 nitrogen and oxygen atoms in total. The highest BCUT2D eigenvalue weighted by atomic mass is 16.5. The Morgan fingerprint density at radius 2 is 2.41 bits per heavy atom. The van der Waals surface area contributed by atoms with Gasteiger partial charge in [-0.3, -0.25) is 4.79 Å². The summed E-state index contributed by atoms with van der Waals surface area (Å²) >= 11 is 0. The molecule has 1 amide bonds. The number of pyridine rings is 1. The van der Waals surface area contributed by atoms with E-state index in [0.29, 0.717) is 19.0 Å². The van der Waals surface area contributed by atoms with Gasteiger partial charge >= 0.3 is 0 Å². The molecule has 0 bridgehead atoms. The van der Waals surface area contributed by atoms with Crippen molar-refractivity contribution in [2.24, 2.45) is 11.1 Å². The van der Waals surface area contributed by atoms with Crippen LogP contribution in [0.2, 0.25) is 0 Å². The predicted octanol–water partition coefficient (Wildman–Crippen LogP) is 0.445. The van der Waals surface area contributed by atoms with Crippen molar-refractivity contribution in [2.45, 2.75) is 19.4 Å². The molecule has 0 aromatic carbocycles. The Kier molecular flexibility index (Phi) is 3.28. The van der Waals surface area contributed by atoms with E-state index in [1.807, 2.05) is 12.1 Å². The van der Waals surface area contributed by atoms with Crippen LogP contribution in [0.25, 0.3) is 0 Å². The monoisotopic (exact) mass is 235 g/mol. The third-order valence-electron chi connectivity index (χ3n) is 3.21. The standard InChI is InChI=1S/C12H17N3O2/c1-17-10-9(3-2-6-14-10)7-15-11(16)12(8-13)4-5-12/h2-3,6H,4-5,7-8,13H2,1H3,(H,15,16). The Bertz CT molecular complexity index is 416. The molecule has 1 aromatic heterocycles. The van der Waals surface area contributed by atoms with Gasteiger partial charge in [-0.15, -0.1) is 0 Å². The van der Waals surface area contributed by atoms with Crippen LogP contribution in [0.5, 0.6) is 5.88 Å². The molecule has 1 saturated carbocycles. The fraction of sp³-hybridized carbons (Fsp3) is 0.500. The second-order valence-electron chi connectivity index (χ2n) is 4.34. The maximum absolute atomic E-state index is 11.9. The summed E-state index contributed by atoms with van der Waals surface area (Å²) in [6.45, 7) is 0.848. The van der Waals surface area contributed by atoms with E-state index >= 15 is 0 Å². The lowest BCUT2D eigenvalue weighted by Crippen LogP contribution is -2.36. The molecule has 0 radical (unpaired) electrons. The molecule has 0 aliphatic heterocycles. The number of hydrogen-bond donors (Lipinski definition) is 2. The van der Waals surface area contributed by atoms with Gasteiger partial charge in [-0.1, -0.05) is 6.07 Å². The van der Waals surface area contributed by atoms with E-state index in [2.05, 4.69) is 10.3 Å². The van der Waals surface area contributed by atoms with Crippen LogP contribution in [0.3, 0.4) is 0 Å². The average Bonchev–Trinajstić information content (AvgIpc) is 3.17. The number of methoxy groups -OCH3 is 1. The molecule has 17 heavy (non-hydrogen) atoms. The molecule has 5 heteroatoms. The van der Waals surface area contributed by atoms with Gasteiger partial charge in [0.1, 0.15) is 0 Å². The van der Waals surface area contributed by atoms with Gasteiger partial charge in [-0.2, -0.15) is 0 Å². The summed E-state index contributed by atoms with van der Waals surface area (Å²) in [5.41, 5.74) is 6.16. The summed E-state index contributed by atoms with van der Waals surface area (Å²) in [7, 11) is 1.57. The predicted molar refractivity (Wildman–Crippen MR) is 63.4 cm³/mol. The number of ether oxygens (including phenoxy) is 1. The first kappa shape index (κ1) is 11.9. The van der Waals surface area contributed by atoms with Crippen LogP contribution in [0.15, 0.2) is 18.3 Å². The lowest BCUT2D eigenvalue weighted by Gasteiger charge is -2.13. The number of nitrogens with one attached hydrogen (secondary N) is 1. The van der Waals surface area contributed by atoms with E-state index in [1.54, 1.807) is 13.3 Å². The van der Waals surface area contributed by atoms with Crippen molar-refractivity contribution in [3.8, 4) is 5.88 Å². The van der Waals surface area contributed by atoms with Crippen LogP contribution in [-0.2, 0) is 11.3 Å². The first-order chi connectivity index (χ1) is 8.22. The fourth-order valence-corrected chi connectivity index (χ4v) is 1.78. The van der Waals surface area contributed by atoms with Crippen LogP contribution in [0.1, 0.15) is 18.4 Å². The molecule has 0 atom stereocenters. The topological polar surface area (TPSA) is 77.2 Å². The Morgan fingerprint density at radius 1 is 1.65 bits per heavy atom. The van der Waals surface area contributed by atoms with E-state index in [4.69, 9.17) is 10.5 Å². The van der Waals surface area contributed by atoms with Crippen molar-refractivity contribution in [3.05, 3.63) is 23.9 Å². The molecule has 1 fully saturated rings. The van der Waals surface area contributed by atoms with Gasteiger partial charge in [0.15, 0.2) is 0 Å². The summed E-state index contributed by atoms with van der Waals surface area (Å²) < 4.78 is 5.12. The fourth-order valence-electron chi connectivity index (χ4n) is 1.78. The minimum atomic E-state index is -0.310. The summed E-state index contributed by atoms with van der Waals surface area (Å²) in [4.78, 5) is 16.0. The first-order valence-electron chi connectivity index (χ1n) is 5.68. The lowest BCUT2D eigenvalue weighted by atomic mass is 10.1. The van der Waals surface area contributed by atoms with Gasteiger partial charge < -0.3 is 15.8 Å². The normalized spacial score (nSPS) is 16.4. The summed E-state index contributed by atoms with van der Waals surface area (Å²) in [5.74, 6) is 0.580. The van der Waals surface area contributed by atoms with E-state index < -0.39 is 0 Å². The zero-order chi connectivity index (χ0) is 12.3. The van der Waals surface area contributed by atoms with Crippen molar-refractivity contribution >= 4 is 5.91 Å². The van der Waals surface area contributed by atoms with Crippen LogP contribution < -0.4 is 15.8 Å². The molecule has 1 aromatic rings. The molecule has 2 rings (SSSR count). The molecule has 1 aliphatic carbocycles. The van der Waals surface area contributed by atoms with E-state index in [9.17, 15) is 4.79 Å². The quantitative estimate of drug-likeness (QED) is 0.776. The number of hydrogen-bond acceptors (Lipinski definition) is 4. The molecular formula is C12H17N3O2. The smallest absolute Gasteiger partial charge is 0.227 e. The average molecular weight is 235 g/mol. The maximum Gasteiger partial charge on any atom is 0.227 e. The minimum Gasteiger partial charge on any atom is -0.481 e. The number of nitrogens with zero attached hydrogens (tertiary/aromatic N) is 1. The SMILES string of the molecule is COc1ncccc1CNC(=O)C1(CN)CC1. The van der Waals surface area contributed by atoms with Crippen LogP contribution in [-0.4, -0.2) is 24.5 Å². The molecular weight excluding hydrogens is 218 g/mol. The van der Waals surface area contributed by atoms with Crippen molar-refractivity contribution < 1.29 is 9.53 Å². The third-order valence-corrected chi connectivity index (χ3v) is 3.21. The van der Waals surface area contributed by atoms with E-state index in [0.717, 1.165) is 18.4 Å². The molecule has 0 unspecified atom stereocenters.